The molecular formula is C11H8F4N2O2. The highest BCUT2D eigenvalue weighted by Crippen LogP contribution is 2.59. The predicted molar refractivity (Wildman–Crippen MR) is 54.1 cm³/mol. The standard InChI is InChI=1S/C11H8F4N2O2/c12-10(13)8-7-4-1-2-5(4)11(14,15)9(7)17(16-8)3-6(18)19/h1-2,4-5,10H,3H2,(H,18,19)/t4-,5+/m0/s1. The number of carboxylic acids is 1. The summed E-state index contributed by atoms with van der Waals surface area (Å²) >= 11 is 0. The second-order valence-corrected chi connectivity index (χ2v) is 4.56. The monoisotopic (exact) mass is 276 g/mol. The van der Waals surface area contributed by atoms with Crippen molar-refractivity contribution in [1.29, 1.82) is 0 Å². The summed E-state index contributed by atoms with van der Waals surface area (Å²) in [7, 11) is 0. The van der Waals surface area contributed by atoms with Crippen LogP contribution in [0.2, 0.25) is 0 Å². The molecule has 8 heteroatoms. The Morgan fingerprint density at radius 3 is 2.63 bits per heavy atom. The van der Waals surface area contributed by atoms with E-state index in [1.54, 1.807) is 0 Å². The van der Waals surface area contributed by atoms with Gasteiger partial charge in [0.25, 0.3) is 12.3 Å². The highest BCUT2D eigenvalue weighted by molar-refractivity contribution is 5.67. The number of carbonyl (C=O) groups is 1. The molecule has 0 aliphatic heterocycles. The van der Waals surface area contributed by atoms with Gasteiger partial charge in [-0.15, -0.1) is 0 Å². The normalized spacial score (nSPS) is 26.2. The summed E-state index contributed by atoms with van der Waals surface area (Å²) in [5.41, 5.74) is -1.65. The number of rotatable bonds is 3. The van der Waals surface area contributed by atoms with Crippen LogP contribution in [0.5, 0.6) is 0 Å². The average Bonchev–Trinajstić information content (AvgIpc) is 2.60. The Morgan fingerprint density at radius 2 is 2.16 bits per heavy atom. The van der Waals surface area contributed by atoms with Gasteiger partial charge in [0.1, 0.15) is 17.9 Å². The van der Waals surface area contributed by atoms with Crippen LogP contribution in [0, 0.1) is 5.92 Å². The molecule has 2 aliphatic rings. The summed E-state index contributed by atoms with van der Waals surface area (Å²) < 4.78 is 54.3. The maximum atomic E-state index is 14.1. The Balaban J connectivity index is 2.20. The summed E-state index contributed by atoms with van der Waals surface area (Å²) in [6.07, 6.45) is -0.332. The lowest BCUT2D eigenvalue weighted by Gasteiger charge is -2.27. The summed E-state index contributed by atoms with van der Waals surface area (Å²) in [6.45, 7) is -0.857. The molecule has 0 unspecified atom stereocenters. The van der Waals surface area contributed by atoms with E-state index in [1.165, 1.54) is 12.2 Å². The molecule has 102 valence electrons. The van der Waals surface area contributed by atoms with Crippen LogP contribution in [-0.2, 0) is 17.3 Å². The fourth-order valence-corrected chi connectivity index (χ4v) is 2.69. The number of fused-ring (bicyclic) bond motifs is 3. The van der Waals surface area contributed by atoms with Crippen LogP contribution >= 0.6 is 0 Å². The molecule has 19 heavy (non-hydrogen) atoms. The van der Waals surface area contributed by atoms with Gasteiger partial charge in [0.2, 0.25) is 0 Å². The molecule has 0 saturated carbocycles. The minimum atomic E-state index is -3.36. The first-order chi connectivity index (χ1) is 8.84. The van der Waals surface area contributed by atoms with Gasteiger partial charge in [0.15, 0.2) is 0 Å². The van der Waals surface area contributed by atoms with E-state index in [9.17, 15) is 22.4 Å². The van der Waals surface area contributed by atoms with Crippen LogP contribution in [0.15, 0.2) is 12.2 Å². The molecule has 0 radical (unpaired) electrons. The average molecular weight is 276 g/mol. The number of aliphatic carboxylic acids is 1. The van der Waals surface area contributed by atoms with Gasteiger partial charge in [0.05, 0.1) is 5.92 Å². The Hall–Kier alpha value is -1.86. The summed E-state index contributed by atoms with van der Waals surface area (Å²) in [5, 5.41) is 12.0. The van der Waals surface area contributed by atoms with Crippen molar-refractivity contribution >= 4 is 5.97 Å². The quantitative estimate of drug-likeness (QED) is 0.680. The first-order valence-electron chi connectivity index (χ1n) is 5.51. The zero-order valence-corrected chi connectivity index (χ0v) is 9.36. The largest absolute Gasteiger partial charge is 0.480 e. The lowest BCUT2D eigenvalue weighted by molar-refractivity contribution is -0.138. The summed E-state index contributed by atoms with van der Waals surface area (Å²) in [5.74, 6) is -6.73. The zero-order chi connectivity index (χ0) is 13.9. The van der Waals surface area contributed by atoms with Gasteiger partial charge in [0, 0.05) is 11.5 Å². The lowest BCUT2D eigenvalue weighted by atomic mass is 9.81. The van der Waals surface area contributed by atoms with Crippen molar-refractivity contribution < 1.29 is 27.5 Å². The van der Waals surface area contributed by atoms with Crippen molar-refractivity contribution in [3.8, 4) is 0 Å². The fraction of sp³-hybridized carbons (Fsp3) is 0.455. The summed E-state index contributed by atoms with van der Waals surface area (Å²) in [4.78, 5) is 10.6. The number of halogens is 4. The minimum absolute atomic E-state index is 0.214. The van der Waals surface area contributed by atoms with E-state index in [1.807, 2.05) is 0 Å². The molecule has 0 bridgehead atoms. The number of alkyl halides is 4. The van der Waals surface area contributed by atoms with Gasteiger partial charge < -0.3 is 5.11 Å². The van der Waals surface area contributed by atoms with Crippen molar-refractivity contribution in [2.45, 2.75) is 24.8 Å². The van der Waals surface area contributed by atoms with E-state index < -0.39 is 48.1 Å². The predicted octanol–water partition coefficient (Wildman–Crippen LogP) is 2.28. The third kappa shape index (κ3) is 1.45. The van der Waals surface area contributed by atoms with Gasteiger partial charge in [-0.25, -0.2) is 8.78 Å². The topological polar surface area (TPSA) is 55.1 Å². The first kappa shape index (κ1) is 12.2. The van der Waals surface area contributed by atoms with Crippen LogP contribution in [0.4, 0.5) is 17.6 Å². The fourth-order valence-electron chi connectivity index (χ4n) is 2.69. The summed E-state index contributed by atoms with van der Waals surface area (Å²) in [6, 6.07) is 0. The number of allylic oxidation sites excluding steroid dienone is 2. The number of carboxylic acid groups (broad SMARTS) is 1. The Labute approximate surface area is 104 Å². The van der Waals surface area contributed by atoms with Crippen LogP contribution in [-0.4, -0.2) is 20.9 Å². The van der Waals surface area contributed by atoms with Crippen LogP contribution < -0.4 is 0 Å². The van der Waals surface area contributed by atoms with E-state index in [0.29, 0.717) is 4.68 Å². The van der Waals surface area contributed by atoms with Gasteiger partial charge in [-0.2, -0.15) is 13.9 Å². The number of aromatic nitrogens is 2. The van der Waals surface area contributed by atoms with Crippen molar-refractivity contribution in [3.05, 3.63) is 29.1 Å². The number of hydrogen-bond donors (Lipinski definition) is 1. The molecule has 0 aromatic carbocycles. The van der Waals surface area contributed by atoms with E-state index in [2.05, 4.69) is 5.10 Å². The zero-order valence-electron chi connectivity index (χ0n) is 9.36. The highest BCUT2D eigenvalue weighted by atomic mass is 19.3. The van der Waals surface area contributed by atoms with Gasteiger partial charge in [-0.05, 0) is 0 Å². The number of nitrogens with zero attached hydrogens (tertiary/aromatic N) is 2. The third-order valence-electron chi connectivity index (χ3n) is 3.49. The van der Waals surface area contributed by atoms with Crippen molar-refractivity contribution in [1.82, 2.24) is 9.78 Å². The molecule has 4 nitrogen and oxygen atoms in total. The van der Waals surface area contributed by atoms with E-state index in [-0.39, 0.29) is 5.56 Å². The molecule has 1 heterocycles. The molecule has 2 atom stereocenters. The van der Waals surface area contributed by atoms with E-state index in [0.717, 1.165) is 0 Å². The molecular weight excluding hydrogens is 268 g/mol. The second kappa shape index (κ2) is 3.58. The van der Waals surface area contributed by atoms with Gasteiger partial charge >= 0.3 is 5.97 Å². The van der Waals surface area contributed by atoms with Crippen LogP contribution in [0.25, 0.3) is 0 Å². The molecule has 2 aliphatic carbocycles. The molecule has 0 amide bonds. The van der Waals surface area contributed by atoms with Crippen molar-refractivity contribution in [2.24, 2.45) is 5.92 Å². The third-order valence-corrected chi connectivity index (χ3v) is 3.49. The molecule has 1 aromatic heterocycles. The molecule has 0 spiro atoms. The number of hydrogen-bond acceptors (Lipinski definition) is 2. The van der Waals surface area contributed by atoms with Gasteiger partial charge in [-0.3, -0.25) is 9.48 Å². The lowest BCUT2D eigenvalue weighted by Crippen LogP contribution is -2.29. The van der Waals surface area contributed by atoms with Gasteiger partial charge in [-0.1, -0.05) is 12.2 Å². The molecule has 3 rings (SSSR count). The SMILES string of the molecule is O=C(O)Cn1nc(C(F)F)c2c1C(F)(F)[C@@H]1C=C[C@H]21. The first-order valence-corrected chi connectivity index (χ1v) is 5.51. The Morgan fingerprint density at radius 1 is 1.47 bits per heavy atom. The van der Waals surface area contributed by atoms with Crippen LogP contribution in [0.3, 0.4) is 0 Å². The second-order valence-electron chi connectivity index (χ2n) is 4.56. The minimum Gasteiger partial charge on any atom is -0.480 e. The van der Waals surface area contributed by atoms with E-state index in [4.69, 9.17) is 5.11 Å². The van der Waals surface area contributed by atoms with Crippen LogP contribution in [0.1, 0.15) is 29.3 Å². The van der Waals surface area contributed by atoms with Crippen molar-refractivity contribution in [2.75, 3.05) is 0 Å². The maximum Gasteiger partial charge on any atom is 0.325 e. The molecule has 1 aromatic rings. The highest BCUT2D eigenvalue weighted by Gasteiger charge is 2.59. The van der Waals surface area contributed by atoms with Crippen molar-refractivity contribution in [3.63, 3.8) is 0 Å². The Bertz CT molecular complexity index is 594. The maximum absolute atomic E-state index is 14.1. The molecule has 0 fully saturated rings. The Kier molecular flexibility index (Phi) is 2.30. The molecule has 1 N–H and O–H groups in total. The van der Waals surface area contributed by atoms with E-state index >= 15 is 0 Å². The molecule has 0 saturated heterocycles. The smallest absolute Gasteiger partial charge is 0.325 e.